The average Bonchev–Trinajstić information content (AvgIpc) is 2.76. The predicted molar refractivity (Wildman–Crippen MR) is 112 cm³/mol. The monoisotopic (exact) mass is 396 g/mol. The van der Waals surface area contributed by atoms with Gasteiger partial charge >= 0.3 is 0 Å². The molecule has 1 aliphatic heterocycles. The Morgan fingerprint density at radius 1 is 1.00 bits per heavy atom. The number of carbonyl (C=O) groups excluding carboxylic acids is 1. The molecule has 1 N–H and O–H groups in total. The second-order valence-corrected chi connectivity index (χ2v) is 8.42. The van der Waals surface area contributed by atoms with Crippen molar-refractivity contribution in [3.05, 3.63) is 42.2 Å². The standard InChI is InChI=1S/C23H29FN4O/c1-16-4-2-3-5-20(16)25-23(29)18-12-14-28(15-13-18)22-11-10-21(26-27-22)17-6-8-19(24)9-7-17/h6-11,16,18,20H,2-5,12-15H2,1H3,(H,25,29). The summed E-state index contributed by atoms with van der Waals surface area (Å²) in [5.74, 6) is 1.47. The van der Waals surface area contributed by atoms with Crippen LogP contribution in [0.1, 0.15) is 45.4 Å². The van der Waals surface area contributed by atoms with E-state index in [2.05, 4.69) is 27.3 Å². The molecule has 0 spiro atoms. The maximum atomic E-state index is 13.1. The normalized spacial score (nSPS) is 23.0. The van der Waals surface area contributed by atoms with Gasteiger partial charge in [0.25, 0.3) is 0 Å². The van der Waals surface area contributed by atoms with E-state index in [0.717, 1.165) is 49.4 Å². The number of nitrogens with one attached hydrogen (secondary N) is 1. The highest BCUT2D eigenvalue weighted by atomic mass is 19.1. The van der Waals surface area contributed by atoms with E-state index in [0.29, 0.717) is 12.0 Å². The molecule has 1 amide bonds. The van der Waals surface area contributed by atoms with Crippen molar-refractivity contribution in [2.75, 3.05) is 18.0 Å². The molecule has 5 nitrogen and oxygen atoms in total. The quantitative estimate of drug-likeness (QED) is 0.842. The summed E-state index contributed by atoms with van der Waals surface area (Å²) in [5, 5.41) is 12.0. The molecule has 154 valence electrons. The van der Waals surface area contributed by atoms with Crippen LogP contribution in [0.4, 0.5) is 10.2 Å². The number of nitrogens with zero attached hydrogens (tertiary/aromatic N) is 3. The van der Waals surface area contributed by atoms with Crippen LogP contribution in [0.25, 0.3) is 11.3 Å². The molecule has 0 bridgehead atoms. The maximum absolute atomic E-state index is 13.1. The molecule has 1 aromatic heterocycles. The Hall–Kier alpha value is -2.50. The van der Waals surface area contributed by atoms with Crippen molar-refractivity contribution in [3.63, 3.8) is 0 Å². The van der Waals surface area contributed by atoms with E-state index in [1.807, 2.05) is 12.1 Å². The summed E-state index contributed by atoms with van der Waals surface area (Å²) < 4.78 is 13.1. The minimum atomic E-state index is -0.261. The topological polar surface area (TPSA) is 58.1 Å². The maximum Gasteiger partial charge on any atom is 0.223 e. The fourth-order valence-electron chi connectivity index (χ4n) is 4.47. The number of carbonyl (C=O) groups is 1. The molecule has 29 heavy (non-hydrogen) atoms. The number of rotatable bonds is 4. The van der Waals surface area contributed by atoms with Gasteiger partial charge in [-0.3, -0.25) is 4.79 Å². The third-order valence-corrected chi connectivity index (χ3v) is 6.42. The smallest absolute Gasteiger partial charge is 0.223 e. The van der Waals surface area contributed by atoms with E-state index in [4.69, 9.17) is 0 Å². The first-order valence-corrected chi connectivity index (χ1v) is 10.7. The van der Waals surface area contributed by atoms with E-state index in [1.165, 1.54) is 31.4 Å². The molecule has 2 fully saturated rings. The Bertz CT molecular complexity index is 816. The fourth-order valence-corrected chi connectivity index (χ4v) is 4.47. The molecule has 2 aromatic rings. The van der Waals surface area contributed by atoms with Crippen LogP contribution in [0.2, 0.25) is 0 Å². The van der Waals surface area contributed by atoms with Gasteiger partial charge in [0.1, 0.15) is 5.82 Å². The number of anilines is 1. The molecule has 2 aliphatic rings. The lowest BCUT2D eigenvalue weighted by molar-refractivity contribution is -0.126. The lowest BCUT2D eigenvalue weighted by atomic mass is 9.85. The lowest BCUT2D eigenvalue weighted by Gasteiger charge is -2.34. The molecule has 1 saturated carbocycles. The summed E-state index contributed by atoms with van der Waals surface area (Å²) in [7, 11) is 0. The lowest BCUT2D eigenvalue weighted by Crippen LogP contribution is -2.46. The molecule has 2 unspecified atom stereocenters. The molecule has 2 heterocycles. The minimum Gasteiger partial charge on any atom is -0.355 e. The van der Waals surface area contributed by atoms with Gasteiger partial charge < -0.3 is 10.2 Å². The van der Waals surface area contributed by atoms with Crippen molar-refractivity contribution < 1.29 is 9.18 Å². The van der Waals surface area contributed by atoms with Gasteiger partial charge in [-0.25, -0.2) is 4.39 Å². The first kappa shape index (κ1) is 19.8. The van der Waals surface area contributed by atoms with Crippen LogP contribution < -0.4 is 10.2 Å². The van der Waals surface area contributed by atoms with Crippen LogP contribution in [0, 0.1) is 17.7 Å². The van der Waals surface area contributed by atoms with Crippen molar-refractivity contribution in [3.8, 4) is 11.3 Å². The van der Waals surface area contributed by atoms with Gasteiger partial charge in [0.15, 0.2) is 5.82 Å². The van der Waals surface area contributed by atoms with Crippen LogP contribution >= 0.6 is 0 Å². The van der Waals surface area contributed by atoms with Crippen LogP contribution in [0.5, 0.6) is 0 Å². The minimum absolute atomic E-state index is 0.0897. The predicted octanol–water partition coefficient (Wildman–Crippen LogP) is 4.19. The average molecular weight is 397 g/mol. The molecule has 2 atom stereocenters. The number of hydrogen-bond acceptors (Lipinski definition) is 4. The van der Waals surface area contributed by atoms with Gasteiger partial charge in [0.2, 0.25) is 5.91 Å². The number of amides is 1. The Labute approximate surface area is 171 Å². The second kappa shape index (κ2) is 8.89. The number of hydrogen-bond donors (Lipinski definition) is 1. The largest absolute Gasteiger partial charge is 0.355 e. The van der Waals surface area contributed by atoms with Crippen LogP contribution in [0.15, 0.2) is 36.4 Å². The van der Waals surface area contributed by atoms with Gasteiger partial charge in [-0.1, -0.05) is 19.8 Å². The van der Waals surface area contributed by atoms with Crippen LogP contribution in [-0.4, -0.2) is 35.2 Å². The Morgan fingerprint density at radius 2 is 1.72 bits per heavy atom. The Kier molecular flexibility index (Phi) is 6.07. The fraction of sp³-hybridized carbons (Fsp3) is 0.522. The number of aromatic nitrogens is 2. The van der Waals surface area contributed by atoms with E-state index in [-0.39, 0.29) is 17.6 Å². The molecule has 1 aliphatic carbocycles. The Balaban J connectivity index is 1.31. The van der Waals surface area contributed by atoms with Crippen molar-refractivity contribution >= 4 is 11.7 Å². The number of benzene rings is 1. The summed E-state index contributed by atoms with van der Waals surface area (Å²) in [4.78, 5) is 14.9. The summed E-state index contributed by atoms with van der Waals surface area (Å²) in [6.45, 7) is 3.87. The molecule has 0 radical (unpaired) electrons. The van der Waals surface area contributed by atoms with Crippen molar-refractivity contribution in [2.45, 2.75) is 51.5 Å². The highest BCUT2D eigenvalue weighted by Crippen LogP contribution is 2.26. The van der Waals surface area contributed by atoms with E-state index >= 15 is 0 Å². The van der Waals surface area contributed by atoms with Crippen LogP contribution in [-0.2, 0) is 4.79 Å². The molecule has 4 rings (SSSR count). The first-order chi connectivity index (χ1) is 14.1. The van der Waals surface area contributed by atoms with Gasteiger partial charge in [-0.2, -0.15) is 0 Å². The summed E-state index contributed by atoms with van der Waals surface area (Å²) >= 11 is 0. The van der Waals surface area contributed by atoms with Gasteiger partial charge in [-0.05, 0) is 68.0 Å². The van der Waals surface area contributed by atoms with E-state index < -0.39 is 0 Å². The van der Waals surface area contributed by atoms with E-state index in [9.17, 15) is 9.18 Å². The number of piperidine rings is 1. The first-order valence-electron chi connectivity index (χ1n) is 10.7. The molecular formula is C23H29FN4O. The van der Waals surface area contributed by atoms with Crippen LogP contribution in [0.3, 0.4) is 0 Å². The molecular weight excluding hydrogens is 367 g/mol. The zero-order valence-corrected chi connectivity index (χ0v) is 17.0. The highest BCUT2D eigenvalue weighted by molar-refractivity contribution is 5.79. The third-order valence-electron chi connectivity index (χ3n) is 6.42. The van der Waals surface area contributed by atoms with Crippen molar-refractivity contribution in [1.29, 1.82) is 0 Å². The zero-order chi connectivity index (χ0) is 20.2. The summed E-state index contributed by atoms with van der Waals surface area (Å²) in [5.41, 5.74) is 1.57. The summed E-state index contributed by atoms with van der Waals surface area (Å²) in [6, 6.07) is 10.5. The van der Waals surface area contributed by atoms with Gasteiger partial charge in [0.05, 0.1) is 5.69 Å². The van der Waals surface area contributed by atoms with Gasteiger partial charge in [-0.15, -0.1) is 10.2 Å². The molecule has 1 aromatic carbocycles. The highest BCUT2D eigenvalue weighted by Gasteiger charge is 2.29. The zero-order valence-electron chi connectivity index (χ0n) is 17.0. The van der Waals surface area contributed by atoms with Crippen molar-refractivity contribution in [2.24, 2.45) is 11.8 Å². The Morgan fingerprint density at radius 3 is 2.38 bits per heavy atom. The van der Waals surface area contributed by atoms with Crippen molar-refractivity contribution in [1.82, 2.24) is 15.5 Å². The third kappa shape index (κ3) is 4.74. The molecule has 6 heteroatoms. The molecule has 1 saturated heterocycles. The second-order valence-electron chi connectivity index (χ2n) is 8.42. The summed E-state index contributed by atoms with van der Waals surface area (Å²) in [6.07, 6.45) is 6.52. The SMILES string of the molecule is CC1CCCCC1NC(=O)C1CCN(c2ccc(-c3ccc(F)cc3)nn2)CC1. The number of halogens is 1. The van der Waals surface area contributed by atoms with E-state index in [1.54, 1.807) is 12.1 Å². The van der Waals surface area contributed by atoms with Gasteiger partial charge in [0, 0.05) is 30.6 Å².